The molecule has 1 N–H and O–H groups in total. The smallest absolute Gasteiger partial charge is 0.145 e. The Morgan fingerprint density at radius 1 is 1.47 bits per heavy atom. The summed E-state index contributed by atoms with van der Waals surface area (Å²) in [5.74, 6) is 1.51. The first-order valence-corrected chi connectivity index (χ1v) is 6.01. The zero-order valence-corrected chi connectivity index (χ0v) is 10.2. The number of halogens is 1. The number of aliphatic hydroxyl groups excluding tert-OH is 1. The second-order valence-electron chi connectivity index (χ2n) is 4.52. The number of nitrogens with zero attached hydrogens (tertiary/aromatic N) is 3. The molecule has 0 amide bonds. The Balaban J connectivity index is 2.20. The Kier molecular flexibility index (Phi) is 3.57. The second kappa shape index (κ2) is 4.96. The first kappa shape index (κ1) is 12.2. The van der Waals surface area contributed by atoms with Gasteiger partial charge in [-0.15, -0.1) is 0 Å². The third kappa shape index (κ3) is 2.72. The summed E-state index contributed by atoms with van der Waals surface area (Å²) in [6, 6.07) is 1.84. The van der Waals surface area contributed by atoms with E-state index < -0.39 is 12.3 Å². The highest BCUT2D eigenvalue weighted by Gasteiger charge is 2.32. The number of alkyl halides is 1. The molecule has 0 unspecified atom stereocenters. The van der Waals surface area contributed by atoms with Crippen LogP contribution in [0.15, 0.2) is 6.07 Å². The predicted octanol–water partition coefficient (Wildman–Crippen LogP) is 1.26. The quantitative estimate of drug-likeness (QED) is 0.862. The molecule has 0 bridgehead atoms. The maximum atomic E-state index is 13.3. The summed E-state index contributed by atoms with van der Waals surface area (Å²) in [5, 5.41) is 9.41. The number of β-amino-alcohol motifs (C(OH)–C–C–N with tert-alkyl or cyclic N) is 1. The van der Waals surface area contributed by atoms with Crippen molar-refractivity contribution in [2.24, 2.45) is 0 Å². The topological polar surface area (TPSA) is 49.2 Å². The number of aliphatic hydroxyl groups is 1. The summed E-state index contributed by atoms with van der Waals surface area (Å²) in [7, 11) is 0. The summed E-state index contributed by atoms with van der Waals surface area (Å²) in [5.41, 5.74) is 0.884. The van der Waals surface area contributed by atoms with Crippen LogP contribution in [-0.2, 0) is 6.42 Å². The third-order valence-corrected chi connectivity index (χ3v) is 2.90. The zero-order valence-electron chi connectivity index (χ0n) is 10.2. The van der Waals surface area contributed by atoms with Crippen LogP contribution in [0.2, 0.25) is 0 Å². The molecule has 0 spiro atoms. The van der Waals surface area contributed by atoms with Gasteiger partial charge in [0.15, 0.2) is 0 Å². The lowest BCUT2D eigenvalue weighted by Gasteiger charge is -2.17. The van der Waals surface area contributed by atoms with E-state index in [4.69, 9.17) is 0 Å². The maximum Gasteiger partial charge on any atom is 0.145 e. The van der Waals surface area contributed by atoms with Gasteiger partial charge >= 0.3 is 0 Å². The van der Waals surface area contributed by atoms with Crippen LogP contribution in [0, 0.1) is 6.92 Å². The normalized spacial score (nSPS) is 24.4. The van der Waals surface area contributed by atoms with Crippen molar-refractivity contribution in [3.05, 3.63) is 17.6 Å². The van der Waals surface area contributed by atoms with Gasteiger partial charge in [0.05, 0.1) is 6.54 Å². The number of anilines is 1. The molecular weight excluding hydrogens is 221 g/mol. The average Bonchev–Trinajstić information content (AvgIpc) is 2.59. The van der Waals surface area contributed by atoms with E-state index in [0.29, 0.717) is 6.54 Å². The lowest BCUT2D eigenvalue weighted by Crippen LogP contribution is -2.23. The molecule has 2 rings (SSSR count). The van der Waals surface area contributed by atoms with E-state index in [1.807, 2.05) is 13.0 Å². The summed E-state index contributed by atoms with van der Waals surface area (Å²) in [4.78, 5) is 10.5. The molecule has 17 heavy (non-hydrogen) atoms. The van der Waals surface area contributed by atoms with E-state index in [1.165, 1.54) is 0 Å². The SMILES string of the molecule is CCCc1nc(C)cc(N2C[C@@H](O)[C@H](F)C2)n1. The fourth-order valence-electron chi connectivity index (χ4n) is 2.04. The molecule has 2 atom stereocenters. The first-order valence-electron chi connectivity index (χ1n) is 6.01. The van der Waals surface area contributed by atoms with E-state index in [-0.39, 0.29) is 6.54 Å². The highest BCUT2D eigenvalue weighted by Crippen LogP contribution is 2.21. The van der Waals surface area contributed by atoms with Gasteiger partial charge in [-0.05, 0) is 13.3 Å². The van der Waals surface area contributed by atoms with Crippen molar-refractivity contribution in [2.75, 3.05) is 18.0 Å². The van der Waals surface area contributed by atoms with E-state index in [9.17, 15) is 9.50 Å². The summed E-state index contributed by atoms with van der Waals surface area (Å²) < 4.78 is 13.3. The Hall–Kier alpha value is -1.23. The minimum Gasteiger partial charge on any atom is -0.388 e. The van der Waals surface area contributed by atoms with Crippen LogP contribution in [0.4, 0.5) is 10.2 Å². The van der Waals surface area contributed by atoms with Gasteiger partial charge in [0.25, 0.3) is 0 Å². The lowest BCUT2D eigenvalue weighted by atomic mass is 10.3. The molecule has 2 heterocycles. The van der Waals surface area contributed by atoms with Crippen molar-refractivity contribution < 1.29 is 9.50 Å². The number of aromatic nitrogens is 2. The Morgan fingerprint density at radius 2 is 2.24 bits per heavy atom. The highest BCUT2D eigenvalue weighted by molar-refractivity contribution is 5.41. The van der Waals surface area contributed by atoms with E-state index in [1.54, 1.807) is 4.90 Å². The molecule has 4 nitrogen and oxygen atoms in total. The van der Waals surface area contributed by atoms with Crippen molar-refractivity contribution in [3.8, 4) is 0 Å². The first-order chi connectivity index (χ1) is 8.10. The van der Waals surface area contributed by atoms with Crippen LogP contribution < -0.4 is 4.90 Å². The van der Waals surface area contributed by atoms with Crippen molar-refractivity contribution in [3.63, 3.8) is 0 Å². The number of hydrogen-bond donors (Lipinski definition) is 1. The van der Waals surface area contributed by atoms with Crippen molar-refractivity contribution in [1.82, 2.24) is 9.97 Å². The predicted molar refractivity (Wildman–Crippen MR) is 63.9 cm³/mol. The van der Waals surface area contributed by atoms with Gasteiger partial charge in [0.2, 0.25) is 0 Å². The minimum absolute atomic E-state index is 0.211. The van der Waals surface area contributed by atoms with Gasteiger partial charge in [-0.2, -0.15) is 0 Å². The molecule has 94 valence electrons. The van der Waals surface area contributed by atoms with Crippen molar-refractivity contribution >= 4 is 5.82 Å². The molecule has 1 aliphatic rings. The van der Waals surface area contributed by atoms with Crippen LogP contribution in [0.25, 0.3) is 0 Å². The van der Waals surface area contributed by atoms with Crippen LogP contribution in [0.3, 0.4) is 0 Å². The number of rotatable bonds is 3. The fourth-order valence-corrected chi connectivity index (χ4v) is 2.04. The monoisotopic (exact) mass is 239 g/mol. The molecule has 1 fully saturated rings. The molecule has 0 saturated carbocycles. The molecule has 0 aromatic carbocycles. The third-order valence-electron chi connectivity index (χ3n) is 2.90. The maximum absolute atomic E-state index is 13.3. The van der Waals surface area contributed by atoms with E-state index in [2.05, 4.69) is 16.9 Å². The fraction of sp³-hybridized carbons (Fsp3) is 0.667. The van der Waals surface area contributed by atoms with Gasteiger partial charge in [0.1, 0.15) is 23.9 Å². The molecule has 5 heteroatoms. The van der Waals surface area contributed by atoms with Crippen LogP contribution >= 0.6 is 0 Å². The van der Waals surface area contributed by atoms with Crippen LogP contribution in [-0.4, -0.2) is 40.4 Å². The largest absolute Gasteiger partial charge is 0.388 e. The summed E-state index contributed by atoms with van der Waals surface area (Å²) in [6.07, 6.45) is -0.277. The minimum atomic E-state index is -1.18. The molecular formula is C12H18FN3O. The van der Waals surface area contributed by atoms with Crippen molar-refractivity contribution in [2.45, 2.75) is 39.0 Å². The van der Waals surface area contributed by atoms with Crippen LogP contribution in [0.5, 0.6) is 0 Å². The Morgan fingerprint density at radius 3 is 2.82 bits per heavy atom. The molecule has 1 aromatic heterocycles. The molecule has 0 aliphatic carbocycles. The van der Waals surface area contributed by atoms with E-state index >= 15 is 0 Å². The molecule has 1 saturated heterocycles. The highest BCUT2D eigenvalue weighted by atomic mass is 19.1. The average molecular weight is 239 g/mol. The van der Waals surface area contributed by atoms with Gasteiger partial charge < -0.3 is 10.0 Å². The van der Waals surface area contributed by atoms with E-state index in [0.717, 1.165) is 30.2 Å². The standard InChI is InChI=1S/C12H18FN3O/c1-3-4-11-14-8(2)5-12(15-11)16-6-9(13)10(17)7-16/h5,9-10,17H,3-4,6-7H2,1-2H3/t9-,10-/m1/s1. The van der Waals surface area contributed by atoms with Crippen LogP contribution in [0.1, 0.15) is 24.9 Å². The Bertz CT molecular complexity index is 389. The van der Waals surface area contributed by atoms with Gasteiger partial charge in [0, 0.05) is 24.7 Å². The zero-order chi connectivity index (χ0) is 12.4. The van der Waals surface area contributed by atoms with Gasteiger partial charge in [-0.3, -0.25) is 0 Å². The molecule has 0 radical (unpaired) electrons. The summed E-state index contributed by atoms with van der Waals surface area (Å²) >= 11 is 0. The molecule has 1 aliphatic heterocycles. The summed E-state index contributed by atoms with van der Waals surface area (Å²) in [6.45, 7) is 4.50. The Labute approximate surface area is 101 Å². The number of hydrogen-bond acceptors (Lipinski definition) is 4. The second-order valence-corrected chi connectivity index (χ2v) is 4.52. The molecule has 1 aromatic rings. The van der Waals surface area contributed by atoms with Gasteiger partial charge in [-0.1, -0.05) is 6.92 Å². The van der Waals surface area contributed by atoms with Gasteiger partial charge in [-0.25, -0.2) is 14.4 Å². The number of aryl methyl sites for hydroxylation is 2. The lowest BCUT2D eigenvalue weighted by molar-refractivity contribution is 0.118. The van der Waals surface area contributed by atoms with Crippen molar-refractivity contribution in [1.29, 1.82) is 0 Å².